The number of aryl methyl sites for hydroxylation is 1. The van der Waals surface area contributed by atoms with Gasteiger partial charge in [0.2, 0.25) is 0 Å². The van der Waals surface area contributed by atoms with E-state index in [1.54, 1.807) is 6.92 Å². The lowest BCUT2D eigenvalue weighted by Gasteiger charge is -2.22. The van der Waals surface area contributed by atoms with E-state index in [-0.39, 0.29) is 17.3 Å². The lowest BCUT2D eigenvalue weighted by Crippen LogP contribution is -2.39. The Morgan fingerprint density at radius 2 is 2.12 bits per heavy atom. The molecule has 1 aliphatic heterocycles. The third-order valence-electron chi connectivity index (χ3n) is 4.59. The quantitative estimate of drug-likeness (QED) is 0.902. The van der Waals surface area contributed by atoms with E-state index >= 15 is 0 Å². The standard InChI is InChI=1S/C17H24N4O3/c1-11(2)15-10-13(19-24-15)14-5-4-6-20(14)7-8-21-16(22)9-12(3)18-17(21)23/h9-11,14H,4-8H2,1-3H3,(H,18,23)/t14-/m1/s1. The predicted molar refractivity (Wildman–Crippen MR) is 90.2 cm³/mol. The van der Waals surface area contributed by atoms with Gasteiger partial charge in [-0.2, -0.15) is 0 Å². The highest BCUT2D eigenvalue weighted by molar-refractivity contribution is 5.13. The number of nitrogens with zero attached hydrogens (tertiary/aromatic N) is 3. The van der Waals surface area contributed by atoms with Crippen molar-refractivity contribution >= 4 is 0 Å². The van der Waals surface area contributed by atoms with Gasteiger partial charge in [0, 0.05) is 36.8 Å². The average Bonchev–Trinajstić information content (AvgIpc) is 3.14. The molecule has 0 unspecified atom stereocenters. The maximum absolute atomic E-state index is 12.0. The first-order valence-corrected chi connectivity index (χ1v) is 8.47. The van der Waals surface area contributed by atoms with Crippen LogP contribution in [0, 0.1) is 6.92 Å². The largest absolute Gasteiger partial charge is 0.361 e. The molecular formula is C17H24N4O3. The molecular weight excluding hydrogens is 308 g/mol. The Morgan fingerprint density at radius 3 is 2.79 bits per heavy atom. The third-order valence-corrected chi connectivity index (χ3v) is 4.59. The second-order valence-corrected chi connectivity index (χ2v) is 6.75. The van der Waals surface area contributed by atoms with Crippen molar-refractivity contribution in [2.75, 3.05) is 13.1 Å². The summed E-state index contributed by atoms with van der Waals surface area (Å²) >= 11 is 0. The third kappa shape index (κ3) is 3.36. The van der Waals surface area contributed by atoms with Gasteiger partial charge in [0.05, 0.1) is 6.04 Å². The molecule has 0 radical (unpaired) electrons. The Bertz CT molecular complexity index is 786. The summed E-state index contributed by atoms with van der Waals surface area (Å²) in [6.45, 7) is 7.81. The highest BCUT2D eigenvalue weighted by atomic mass is 16.5. The van der Waals surface area contributed by atoms with Crippen molar-refractivity contribution in [1.82, 2.24) is 19.6 Å². The van der Waals surface area contributed by atoms with E-state index in [9.17, 15) is 9.59 Å². The van der Waals surface area contributed by atoms with E-state index in [2.05, 4.69) is 28.9 Å². The van der Waals surface area contributed by atoms with E-state index < -0.39 is 0 Å². The summed E-state index contributed by atoms with van der Waals surface area (Å²) in [5.41, 5.74) is 0.931. The molecule has 0 aliphatic carbocycles. The number of hydrogen-bond donors (Lipinski definition) is 1. The molecule has 0 aromatic carbocycles. The SMILES string of the molecule is Cc1cc(=O)n(CCN2CCC[C@@H]2c2cc(C(C)C)on2)c(=O)[nH]1. The van der Waals surface area contributed by atoms with Crippen LogP contribution in [0.3, 0.4) is 0 Å². The van der Waals surface area contributed by atoms with Crippen LogP contribution in [0.15, 0.2) is 26.2 Å². The molecule has 2 aromatic rings. The molecule has 2 aromatic heterocycles. The Morgan fingerprint density at radius 1 is 1.33 bits per heavy atom. The molecule has 3 rings (SSSR count). The van der Waals surface area contributed by atoms with Crippen LogP contribution in [0.2, 0.25) is 0 Å². The van der Waals surface area contributed by atoms with Gasteiger partial charge in [0.15, 0.2) is 0 Å². The lowest BCUT2D eigenvalue weighted by atomic mass is 10.1. The molecule has 1 saturated heterocycles. The Balaban J connectivity index is 1.73. The summed E-state index contributed by atoms with van der Waals surface area (Å²) < 4.78 is 6.67. The molecule has 0 amide bonds. The summed E-state index contributed by atoms with van der Waals surface area (Å²) in [7, 11) is 0. The molecule has 1 aliphatic rings. The minimum absolute atomic E-state index is 0.196. The van der Waals surface area contributed by atoms with Crippen LogP contribution in [0.4, 0.5) is 0 Å². The topological polar surface area (TPSA) is 84.1 Å². The molecule has 130 valence electrons. The zero-order valence-corrected chi connectivity index (χ0v) is 14.4. The van der Waals surface area contributed by atoms with Crippen LogP contribution in [0.1, 0.15) is 55.8 Å². The zero-order chi connectivity index (χ0) is 17.3. The summed E-state index contributed by atoms with van der Waals surface area (Å²) in [6.07, 6.45) is 2.09. The molecule has 1 fully saturated rings. The van der Waals surface area contributed by atoms with Gasteiger partial charge < -0.3 is 9.51 Å². The normalized spacial score (nSPS) is 18.6. The molecule has 1 N–H and O–H groups in total. The molecule has 24 heavy (non-hydrogen) atoms. The molecule has 0 bridgehead atoms. The van der Waals surface area contributed by atoms with Gasteiger partial charge in [0.25, 0.3) is 5.56 Å². The first-order chi connectivity index (χ1) is 11.5. The van der Waals surface area contributed by atoms with Crippen molar-refractivity contribution in [1.29, 1.82) is 0 Å². The van der Waals surface area contributed by atoms with E-state index in [1.165, 1.54) is 10.6 Å². The van der Waals surface area contributed by atoms with Gasteiger partial charge in [-0.25, -0.2) is 4.79 Å². The summed E-state index contributed by atoms with van der Waals surface area (Å²) in [5, 5.41) is 4.22. The smallest absolute Gasteiger partial charge is 0.328 e. The van der Waals surface area contributed by atoms with Gasteiger partial charge >= 0.3 is 5.69 Å². The summed E-state index contributed by atoms with van der Waals surface area (Å²) in [6, 6.07) is 3.68. The Labute approximate surface area is 140 Å². The Kier molecular flexibility index (Phi) is 4.71. The molecule has 1 atom stereocenters. The number of likely N-dealkylation sites (tertiary alicyclic amines) is 1. The van der Waals surface area contributed by atoms with Gasteiger partial charge in [-0.15, -0.1) is 0 Å². The average molecular weight is 332 g/mol. The van der Waals surface area contributed by atoms with Crippen LogP contribution < -0.4 is 11.2 Å². The first-order valence-electron chi connectivity index (χ1n) is 8.47. The fraction of sp³-hybridized carbons (Fsp3) is 0.588. The van der Waals surface area contributed by atoms with Crippen molar-refractivity contribution in [2.45, 2.75) is 52.1 Å². The number of rotatable bonds is 5. The minimum atomic E-state index is -0.348. The predicted octanol–water partition coefficient (Wildman–Crippen LogP) is 1.79. The van der Waals surface area contributed by atoms with Crippen LogP contribution >= 0.6 is 0 Å². The van der Waals surface area contributed by atoms with Crippen LogP contribution in [-0.2, 0) is 6.54 Å². The zero-order valence-electron chi connectivity index (χ0n) is 14.4. The number of hydrogen-bond acceptors (Lipinski definition) is 5. The minimum Gasteiger partial charge on any atom is -0.361 e. The molecule has 3 heterocycles. The highest BCUT2D eigenvalue weighted by Gasteiger charge is 2.28. The number of nitrogens with one attached hydrogen (secondary N) is 1. The molecule has 0 spiro atoms. The maximum atomic E-state index is 12.0. The van der Waals surface area contributed by atoms with E-state index in [0.717, 1.165) is 30.8 Å². The fourth-order valence-electron chi connectivity index (χ4n) is 3.24. The van der Waals surface area contributed by atoms with Crippen molar-refractivity contribution in [3.8, 4) is 0 Å². The van der Waals surface area contributed by atoms with Crippen LogP contribution in [0.25, 0.3) is 0 Å². The van der Waals surface area contributed by atoms with Crippen LogP contribution in [-0.4, -0.2) is 32.7 Å². The van der Waals surface area contributed by atoms with Crippen molar-refractivity contribution in [3.05, 3.63) is 50.1 Å². The van der Waals surface area contributed by atoms with Gasteiger partial charge in [-0.3, -0.25) is 14.3 Å². The second-order valence-electron chi connectivity index (χ2n) is 6.75. The van der Waals surface area contributed by atoms with Gasteiger partial charge in [-0.1, -0.05) is 19.0 Å². The number of H-pyrrole nitrogens is 1. The lowest BCUT2D eigenvalue weighted by molar-refractivity contribution is 0.233. The van der Waals surface area contributed by atoms with E-state index in [1.807, 2.05) is 6.07 Å². The number of aromatic nitrogens is 3. The van der Waals surface area contributed by atoms with Crippen LogP contribution in [0.5, 0.6) is 0 Å². The number of aromatic amines is 1. The molecule has 7 heteroatoms. The highest BCUT2D eigenvalue weighted by Crippen LogP contribution is 2.32. The van der Waals surface area contributed by atoms with Gasteiger partial charge in [-0.05, 0) is 26.3 Å². The first kappa shape index (κ1) is 16.7. The van der Waals surface area contributed by atoms with E-state index in [4.69, 9.17) is 4.52 Å². The van der Waals surface area contributed by atoms with Crippen molar-refractivity contribution in [3.63, 3.8) is 0 Å². The summed E-state index contributed by atoms with van der Waals surface area (Å²) in [4.78, 5) is 28.9. The Hall–Kier alpha value is -2.15. The second kappa shape index (κ2) is 6.76. The molecule has 7 nitrogen and oxygen atoms in total. The monoisotopic (exact) mass is 332 g/mol. The van der Waals surface area contributed by atoms with Crippen molar-refractivity contribution < 1.29 is 4.52 Å². The molecule has 0 saturated carbocycles. The van der Waals surface area contributed by atoms with Crippen molar-refractivity contribution in [2.24, 2.45) is 0 Å². The van der Waals surface area contributed by atoms with Gasteiger partial charge in [0.1, 0.15) is 11.5 Å². The van der Waals surface area contributed by atoms with E-state index in [0.29, 0.717) is 24.7 Å². The fourth-order valence-corrected chi connectivity index (χ4v) is 3.24. The maximum Gasteiger partial charge on any atom is 0.328 e. The summed E-state index contributed by atoms with van der Waals surface area (Å²) in [5.74, 6) is 1.20.